The molecule has 1 N–H and O–H groups in total. The minimum atomic E-state index is -0.837. The largest absolute Gasteiger partial charge is 0.487 e. The fraction of sp³-hybridized carbons (Fsp3) is 0.0800. The highest BCUT2D eigenvalue weighted by Gasteiger charge is 2.37. The summed E-state index contributed by atoms with van der Waals surface area (Å²) < 4.78 is 8.17. The Morgan fingerprint density at radius 1 is 0.971 bits per heavy atom. The molecule has 0 aromatic heterocycles. The van der Waals surface area contributed by atoms with Crippen molar-refractivity contribution in [3.8, 4) is 5.75 Å². The monoisotopic (exact) mass is 680 g/mol. The lowest BCUT2D eigenvalue weighted by Crippen LogP contribution is -2.54. The molecule has 178 valence electrons. The second kappa shape index (κ2) is 10.7. The third kappa shape index (κ3) is 5.69. The molecule has 0 unspecified atom stereocenters. The van der Waals surface area contributed by atoms with E-state index in [2.05, 4.69) is 53.1 Å². The van der Waals surface area contributed by atoms with Crippen LogP contribution in [0, 0.1) is 6.92 Å². The Labute approximate surface area is 231 Å². The molecule has 6 nitrogen and oxygen atoms in total. The molecule has 1 aliphatic rings. The minimum absolute atomic E-state index is 0.191. The van der Waals surface area contributed by atoms with Gasteiger partial charge in [0.25, 0.3) is 11.8 Å². The molecular weight excluding hydrogens is 667 g/mol. The van der Waals surface area contributed by atoms with E-state index in [0.29, 0.717) is 31.9 Å². The Morgan fingerprint density at radius 3 is 2.26 bits per heavy atom. The molecule has 1 aliphatic heterocycles. The quantitative estimate of drug-likeness (QED) is 0.229. The van der Waals surface area contributed by atoms with Crippen molar-refractivity contribution < 1.29 is 19.1 Å². The van der Waals surface area contributed by atoms with E-state index in [1.54, 1.807) is 31.2 Å². The number of carbonyl (C=O) groups excluding carboxylic acids is 3. The Hall–Kier alpha value is -2.46. The average Bonchev–Trinajstić information content (AvgIpc) is 2.79. The van der Waals surface area contributed by atoms with Gasteiger partial charge in [0, 0.05) is 9.50 Å². The van der Waals surface area contributed by atoms with Crippen LogP contribution in [0.2, 0.25) is 5.02 Å². The Bertz CT molecular complexity index is 1370. The van der Waals surface area contributed by atoms with Crippen molar-refractivity contribution in [3.05, 3.63) is 95.3 Å². The van der Waals surface area contributed by atoms with E-state index in [-0.39, 0.29) is 11.3 Å². The molecule has 35 heavy (non-hydrogen) atoms. The highest BCUT2D eigenvalue weighted by atomic mass is 79.9. The number of carbonyl (C=O) groups is 3. The van der Waals surface area contributed by atoms with E-state index in [9.17, 15) is 14.4 Å². The second-order valence-electron chi connectivity index (χ2n) is 7.62. The van der Waals surface area contributed by atoms with Gasteiger partial charge in [0.15, 0.2) is 0 Å². The number of nitrogens with zero attached hydrogens (tertiary/aromatic N) is 1. The van der Waals surface area contributed by atoms with Crippen LogP contribution in [-0.4, -0.2) is 17.8 Å². The number of benzene rings is 3. The number of rotatable bonds is 5. The maximum absolute atomic E-state index is 13.1. The third-order valence-electron chi connectivity index (χ3n) is 5.14. The average molecular weight is 684 g/mol. The first-order chi connectivity index (χ1) is 16.6. The fourth-order valence-electron chi connectivity index (χ4n) is 3.32. The fourth-order valence-corrected chi connectivity index (χ4v) is 5.21. The zero-order valence-corrected chi connectivity index (χ0v) is 23.6. The van der Waals surface area contributed by atoms with Gasteiger partial charge in [0.1, 0.15) is 17.9 Å². The van der Waals surface area contributed by atoms with Crippen LogP contribution >= 0.6 is 59.4 Å². The molecule has 0 atom stereocenters. The van der Waals surface area contributed by atoms with E-state index < -0.39 is 17.8 Å². The van der Waals surface area contributed by atoms with Crippen LogP contribution in [0.4, 0.5) is 10.5 Å². The molecule has 3 aromatic carbocycles. The molecule has 1 saturated heterocycles. The maximum atomic E-state index is 13.1. The highest BCUT2D eigenvalue weighted by Crippen LogP contribution is 2.36. The summed E-state index contributed by atoms with van der Waals surface area (Å²) in [7, 11) is 0. The molecule has 10 heteroatoms. The predicted octanol–water partition coefficient (Wildman–Crippen LogP) is 7.18. The Morgan fingerprint density at radius 2 is 1.63 bits per heavy atom. The van der Waals surface area contributed by atoms with Gasteiger partial charge in [-0.2, -0.15) is 0 Å². The molecule has 0 aliphatic carbocycles. The van der Waals surface area contributed by atoms with Gasteiger partial charge in [-0.05, 0) is 97.9 Å². The number of anilines is 1. The molecule has 0 spiro atoms. The summed E-state index contributed by atoms with van der Waals surface area (Å²) >= 11 is 16.6. The number of urea groups is 1. The number of barbiturate groups is 1. The first kappa shape index (κ1) is 25.6. The number of hydrogen-bond donors (Lipinski definition) is 1. The van der Waals surface area contributed by atoms with Gasteiger partial charge in [-0.15, -0.1) is 0 Å². The molecule has 3 aromatic rings. The zero-order chi connectivity index (χ0) is 25.3. The van der Waals surface area contributed by atoms with Crippen molar-refractivity contribution >= 4 is 89.0 Å². The maximum Gasteiger partial charge on any atom is 0.335 e. The number of aryl methyl sites for hydroxylation is 1. The van der Waals surface area contributed by atoms with Crippen molar-refractivity contribution in [2.75, 3.05) is 4.90 Å². The first-order valence-corrected chi connectivity index (χ1v) is 12.9. The molecule has 1 heterocycles. The zero-order valence-electron chi connectivity index (χ0n) is 18.1. The number of amides is 4. The Kier molecular flexibility index (Phi) is 7.80. The number of ether oxygens (including phenoxy) is 1. The lowest BCUT2D eigenvalue weighted by atomic mass is 10.1. The molecule has 4 rings (SSSR count). The first-order valence-electron chi connectivity index (χ1n) is 10.2. The van der Waals surface area contributed by atoms with Gasteiger partial charge < -0.3 is 4.74 Å². The molecule has 0 bridgehead atoms. The standard InChI is InChI=1S/C25H16Br3ClN2O4/c1-13-2-7-17(11-21(13)29)31-24(33)18(23(32)30-25(31)34)8-15-9-19(27)22(20(28)10-15)35-12-14-3-5-16(26)6-4-14/h2-11H,12H2,1H3,(H,30,32,34)/b18-8-. The van der Waals surface area contributed by atoms with Crippen LogP contribution in [-0.2, 0) is 16.2 Å². The summed E-state index contributed by atoms with van der Waals surface area (Å²) in [4.78, 5) is 39.0. The molecular formula is C25H16Br3ClN2O4. The van der Waals surface area contributed by atoms with Crippen LogP contribution in [0.1, 0.15) is 16.7 Å². The third-order valence-corrected chi connectivity index (χ3v) is 7.26. The second-order valence-corrected chi connectivity index (χ2v) is 10.7. The van der Waals surface area contributed by atoms with Crippen molar-refractivity contribution in [2.24, 2.45) is 0 Å². The lowest BCUT2D eigenvalue weighted by Gasteiger charge is -2.26. The van der Waals surface area contributed by atoms with Crippen LogP contribution in [0.5, 0.6) is 5.75 Å². The molecule has 0 radical (unpaired) electrons. The van der Waals surface area contributed by atoms with Crippen LogP contribution in [0.25, 0.3) is 6.08 Å². The number of nitrogens with one attached hydrogen (secondary N) is 1. The van der Waals surface area contributed by atoms with Crippen molar-refractivity contribution in [1.29, 1.82) is 0 Å². The summed E-state index contributed by atoms with van der Waals surface area (Å²) in [6.45, 7) is 2.16. The van der Waals surface area contributed by atoms with Crippen molar-refractivity contribution in [2.45, 2.75) is 13.5 Å². The number of imide groups is 2. The summed E-state index contributed by atoms with van der Waals surface area (Å²) in [5, 5.41) is 2.61. The minimum Gasteiger partial charge on any atom is -0.487 e. The lowest BCUT2D eigenvalue weighted by molar-refractivity contribution is -0.122. The van der Waals surface area contributed by atoms with E-state index in [0.717, 1.165) is 20.5 Å². The van der Waals surface area contributed by atoms with Gasteiger partial charge in [-0.3, -0.25) is 14.9 Å². The highest BCUT2D eigenvalue weighted by molar-refractivity contribution is 9.11. The van der Waals surface area contributed by atoms with Gasteiger partial charge >= 0.3 is 6.03 Å². The van der Waals surface area contributed by atoms with Crippen molar-refractivity contribution in [1.82, 2.24) is 5.32 Å². The van der Waals surface area contributed by atoms with E-state index in [1.165, 1.54) is 12.1 Å². The smallest absolute Gasteiger partial charge is 0.335 e. The van der Waals surface area contributed by atoms with E-state index in [1.807, 2.05) is 24.3 Å². The summed E-state index contributed by atoms with van der Waals surface area (Å²) in [6, 6.07) is 15.2. The van der Waals surface area contributed by atoms with Crippen molar-refractivity contribution in [3.63, 3.8) is 0 Å². The molecule has 0 saturated carbocycles. The summed E-state index contributed by atoms with van der Waals surface area (Å²) in [5.41, 5.74) is 2.41. The number of halogens is 4. The van der Waals surface area contributed by atoms with Gasteiger partial charge in [-0.25, -0.2) is 9.69 Å². The van der Waals surface area contributed by atoms with Gasteiger partial charge in [-0.1, -0.05) is 45.7 Å². The SMILES string of the molecule is Cc1ccc(N2C(=O)NC(=O)/C(=C/c3cc(Br)c(OCc4ccc(Br)cc4)c(Br)c3)C2=O)cc1Cl. The van der Waals surface area contributed by atoms with E-state index in [4.69, 9.17) is 16.3 Å². The van der Waals surface area contributed by atoms with Crippen LogP contribution in [0.15, 0.2) is 73.6 Å². The van der Waals surface area contributed by atoms with Crippen LogP contribution < -0.4 is 15.0 Å². The topological polar surface area (TPSA) is 75.7 Å². The van der Waals surface area contributed by atoms with E-state index >= 15 is 0 Å². The summed E-state index contributed by atoms with van der Waals surface area (Å²) in [5.74, 6) is -0.959. The molecule has 4 amide bonds. The molecule has 1 fully saturated rings. The van der Waals surface area contributed by atoms with Gasteiger partial charge in [0.2, 0.25) is 0 Å². The predicted molar refractivity (Wildman–Crippen MR) is 146 cm³/mol. The van der Waals surface area contributed by atoms with Crippen LogP contribution in [0.3, 0.4) is 0 Å². The summed E-state index contributed by atoms with van der Waals surface area (Å²) in [6.07, 6.45) is 1.42. The normalized spacial score (nSPS) is 14.9. The number of hydrogen-bond acceptors (Lipinski definition) is 4. The Balaban J connectivity index is 1.61. The van der Waals surface area contributed by atoms with Gasteiger partial charge in [0.05, 0.1) is 14.6 Å².